The van der Waals surface area contributed by atoms with Crippen LogP contribution in [0.25, 0.3) is 0 Å². The molecule has 1 heterocycles. The normalized spacial score (nSPS) is 16.9. The second kappa shape index (κ2) is 4.22. The summed E-state index contributed by atoms with van der Waals surface area (Å²) >= 11 is 3.24. The van der Waals surface area contributed by atoms with Gasteiger partial charge in [-0.25, -0.2) is 4.39 Å². The zero-order valence-electron chi connectivity index (χ0n) is 9.06. The van der Waals surface area contributed by atoms with Crippen molar-refractivity contribution < 1.29 is 4.39 Å². The van der Waals surface area contributed by atoms with Crippen molar-refractivity contribution in [2.75, 3.05) is 6.54 Å². The average Bonchev–Trinajstić information content (AvgIpc) is 2.19. The van der Waals surface area contributed by atoms with E-state index < -0.39 is 0 Å². The Morgan fingerprint density at radius 2 is 2.07 bits per heavy atom. The average molecular weight is 272 g/mol. The molecular weight excluding hydrogens is 257 g/mol. The van der Waals surface area contributed by atoms with Gasteiger partial charge in [-0.1, -0.05) is 0 Å². The molecule has 0 amide bonds. The van der Waals surface area contributed by atoms with Gasteiger partial charge in [0.05, 0.1) is 4.47 Å². The molecule has 0 saturated carbocycles. The summed E-state index contributed by atoms with van der Waals surface area (Å²) in [7, 11) is 0. The molecule has 3 heteroatoms. The van der Waals surface area contributed by atoms with E-state index in [0.717, 1.165) is 25.1 Å². The molecule has 1 aromatic carbocycles. The van der Waals surface area contributed by atoms with E-state index >= 15 is 0 Å². The van der Waals surface area contributed by atoms with Gasteiger partial charge in [-0.15, -0.1) is 0 Å². The SMILES string of the molecule is CC(C)N1CCc2cc(F)c(Br)cc2C1. The molecule has 0 saturated heterocycles. The van der Waals surface area contributed by atoms with E-state index in [1.807, 2.05) is 6.07 Å². The lowest BCUT2D eigenvalue weighted by atomic mass is 9.99. The monoisotopic (exact) mass is 271 g/mol. The Labute approximate surface area is 98.4 Å². The van der Waals surface area contributed by atoms with Crippen LogP contribution in [-0.2, 0) is 13.0 Å². The molecule has 0 aliphatic carbocycles. The summed E-state index contributed by atoms with van der Waals surface area (Å²) in [5, 5.41) is 0. The summed E-state index contributed by atoms with van der Waals surface area (Å²) < 4.78 is 13.9. The van der Waals surface area contributed by atoms with Crippen LogP contribution in [0, 0.1) is 5.82 Å². The molecule has 0 bridgehead atoms. The van der Waals surface area contributed by atoms with E-state index in [1.165, 1.54) is 5.56 Å². The maximum absolute atomic E-state index is 13.3. The standard InChI is InChI=1S/C12H15BrFN/c1-8(2)15-4-3-9-6-12(14)11(13)5-10(9)7-15/h5-6,8H,3-4,7H2,1-2H3. The number of rotatable bonds is 1. The largest absolute Gasteiger partial charge is 0.296 e. The van der Waals surface area contributed by atoms with E-state index in [-0.39, 0.29) is 5.82 Å². The van der Waals surface area contributed by atoms with Gasteiger partial charge < -0.3 is 0 Å². The molecule has 0 radical (unpaired) electrons. The van der Waals surface area contributed by atoms with Crippen molar-refractivity contribution in [1.29, 1.82) is 0 Å². The fourth-order valence-electron chi connectivity index (χ4n) is 2.01. The van der Waals surface area contributed by atoms with Crippen LogP contribution < -0.4 is 0 Å². The molecule has 0 spiro atoms. The van der Waals surface area contributed by atoms with E-state index in [0.29, 0.717) is 10.5 Å². The number of nitrogens with zero attached hydrogens (tertiary/aromatic N) is 1. The fourth-order valence-corrected chi connectivity index (χ4v) is 2.40. The summed E-state index contributed by atoms with van der Waals surface area (Å²) in [5.74, 6) is -0.147. The minimum absolute atomic E-state index is 0.147. The lowest BCUT2D eigenvalue weighted by Gasteiger charge is -2.32. The molecule has 0 aromatic heterocycles. The third-order valence-electron chi connectivity index (χ3n) is 3.01. The van der Waals surface area contributed by atoms with Crippen molar-refractivity contribution in [3.05, 3.63) is 33.5 Å². The number of fused-ring (bicyclic) bond motifs is 1. The first-order valence-electron chi connectivity index (χ1n) is 5.29. The molecule has 1 aromatic rings. The lowest BCUT2D eigenvalue weighted by molar-refractivity contribution is 0.203. The minimum atomic E-state index is -0.147. The van der Waals surface area contributed by atoms with E-state index in [9.17, 15) is 4.39 Å². The number of halogens is 2. The van der Waals surface area contributed by atoms with Crippen molar-refractivity contribution in [3.63, 3.8) is 0 Å². The van der Waals surface area contributed by atoms with Crippen LogP contribution in [0.2, 0.25) is 0 Å². The first-order chi connectivity index (χ1) is 7.08. The highest BCUT2D eigenvalue weighted by Crippen LogP contribution is 2.26. The highest BCUT2D eigenvalue weighted by molar-refractivity contribution is 9.10. The molecular formula is C12H15BrFN. The van der Waals surface area contributed by atoms with Gasteiger partial charge in [0, 0.05) is 19.1 Å². The topological polar surface area (TPSA) is 3.24 Å². The molecule has 82 valence electrons. The van der Waals surface area contributed by atoms with Crippen LogP contribution in [0.5, 0.6) is 0 Å². The van der Waals surface area contributed by atoms with Gasteiger partial charge in [0.1, 0.15) is 5.82 Å². The van der Waals surface area contributed by atoms with E-state index in [1.54, 1.807) is 6.07 Å². The first-order valence-corrected chi connectivity index (χ1v) is 6.08. The van der Waals surface area contributed by atoms with E-state index in [2.05, 4.69) is 34.7 Å². The van der Waals surface area contributed by atoms with Crippen molar-refractivity contribution in [2.45, 2.75) is 32.9 Å². The molecule has 15 heavy (non-hydrogen) atoms. The van der Waals surface area contributed by atoms with Crippen LogP contribution in [0.1, 0.15) is 25.0 Å². The van der Waals surface area contributed by atoms with Gasteiger partial charge in [0.2, 0.25) is 0 Å². The molecule has 0 unspecified atom stereocenters. The quantitative estimate of drug-likeness (QED) is 0.757. The Morgan fingerprint density at radius 3 is 2.73 bits per heavy atom. The highest BCUT2D eigenvalue weighted by Gasteiger charge is 2.19. The first kappa shape index (κ1) is 11.1. The highest BCUT2D eigenvalue weighted by atomic mass is 79.9. The maximum atomic E-state index is 13.3. The Balaban J connectivity index is 2.30. The minimum Gasteiger partial charge on any atom is -0.296 e. The van der Waals surface area contributed by atoms with Crippen molar-refractivity contribution in [1.82, 2.24) is 4.90 Å². The fraction of sp³-hybridized carbons (Fsp3) is 0.500. The summed E-state index contributed by atoms with van der Waals surface area (Å²) in [6.07, 6.45) is 0.956. The third-order valence-corrected chi connectivity index (χ3v) is 3.62. The lowest BCUT2D eigenvalue weighted by Crippen LogP contribution is -2.35. The Bertz CT molecular complexity index is 376. The molecule has 1 aliphatic rings. The number of benzene rings is 1. The summed E-state index contributed by atoms with van der Waals surface area (Å²) in [6.45, 7) is 6.37. The summed E-state index contributed by atoms with van der Waals surface area (Å²) in [6, 6.07) is 4.14. The second-order valence-electron chi connectivity index (χ2n) is 4.35. The molecule has 0 N–H and O–H groups in total. The summed E-state index contributed by atoms with van der Waals surface area (Å²) in [4.78, 5) is 2.41. The van der Waals surface area contributed by atoms with Crippen LogP contribution >= 0.6 is 15.9 Å². The Morgan fingerprint density at radius 1 is 1.33 bits per heavy atom. The zero-order chi connectivity index (χ0) is 11.0. The predicted octanol–water partition coefficient (Wildman–Crippen LogP) is 3.35. The van der Waals surface area contributed by atoms with Gasteiger partial charge in [0.25, 0.3) is 0 Å². The van der Waals surface area contributed by atoms with Crippen LogP contribution in [0.3, 0.4) is 0 Å². The predicted molar refractivity (Wildman–Crippen MR) is 63.4 cm³/mol. The van der Waals surface area contributed by atoms with Crippen LogP contribution in [0.4, 0.5) is 4.39 Å². The van der Waals surface area contributed by atoms with E-state index in [4.69, 9.17) is 0 Å². The number of hydrogen-bond donors (Lipinski definition) is 0. The van der Waals surface area contributed by atoms with Crippen LogP contribution in [-0.4, -0.2) is 17.5 Å². The zero-order valence-corrected chi connectivity index (χ0v) is 10.6. The van der Waals surface area contributed by atoms with Gasteiger partial charge in [0.15, 0.2) is 0 Å². The Hall–Kier alpha value is -0.410. The van der Waals surface area contributed by atoms with Gasteiger partial charge in [-0.05, 0) is 59.5 Å². The van der Waals surface area contributed by atoms with Gasteiger partial charge >= 0.3 is 0 Å². The molecule has 1 aliphatic heterocycles. The van der Waals surface area contributed by atoms with Crippen LogP contribution in [0.15, 0.2) is 16.6 Å². The van der Waals surface area contributed by atoms with Gasteiger partial charge in [-0.3, -0.25) is 4.90 Å². The smallest absolute Gasteiger partial charge is 0.137 e. The van der Waals surface area contributed by atoms with Crippen molar-refractivity contribution in [3.8, 4) is 0 Å². The third kappa shape index (κ3) is 2.23. The molecule has 1 nitrogen and oxygen atoms in total. The Kier molecular flexibility index (Phi) is 3.12. The molecule has 2 rings (SSSR count). The van der Waals surface area contributed by atoms with Crippen molar-refractivity contribution in [2.24, 2.45) is 0 Å². The maximum Gasteiger partial charge on any atom is 0.137 e. The number of hydrogen-bond acceptors (Lipinski definition) is 1. The second-order valence-corrected chi connectivity index (χ2v) is 5.20. The molecule has 0 fully saturated rings. The van der Waals surface area contributed by atoms with Crippen molar-refractivity contribution >= 4 is 15.9 Å². The summed E-state index contributed by atoms with van der Waals surface area (Å²) in [5.41, 5.74) is 2.41. The molecule has 0 atom stereocenters. The van der Waals surface area contributed by atoms with Gasteiger partial charge in [-0.2, -0.15) is 0 Å².